The summed E-state index contributed by atoms with van der Waals surface area (Å²) >= 11 is 0. The van der Waals surface area contributed by atoms with Crippen LogP contribution in [0.5, 0.6) is 11.5 Å². The first kappa shape index (κ1) is 19.2. The molecule has 0 aliphatic rings. The van der Waals surface area contributed by atoms with Crippen LogP contribution in [0, 0.1) is 0 Å². The van der Waals surface area contributed by atoms with Crippen LogP contribution < -0.4 is 9.47 Å². The van der Waals surface area contributed by atoms with Crippen LogP contribution in [0.3, 0.4) is 0 Å². The van der Waals surface area contributed by atoms with Crippen molar-refractivity contribution in [2.24, 2.45) is 0 Å². The molecule has 0 amide bonds. The molecule has 0 saturated carbocycles. The molecule has 0 unspecified atom stereocenters. The maximum absolute atomic E-state index is 13.2. The summed E-state index contributed by atoms with van der Waals surface area (Å²) in [5, 5.41) is 0. The monoisotopic (exact) mass is 365 g/mol. The molecule has 0 atom stereocenters. The summed E-state index contributed by atoms with van der Waals surface area (Å²) in [6.07, 6.45) is 0. The first-order chi connectivity index (χ1) is 12.0. The van der Waals surface area contributed by atoms with Gasteiger partial charge in [-0.15, -0.1) is 0 Å². The molecule has 25 heavy (non-hydrogen) atoms. The molecular formula is C18H23NO5S. The van der Waals surface area contributed by atoms with E-state index in [1.165, 1.54) is 24.6 Å². The number of rotatable bonds is 9. The Morgan fingerprint density at radius 3 is 2.28 bits per heavy atom. The highest BCUT2D eigenvalue weighted by molar-refractivity contribution is 7.89. The van der Waals surface area contributed by atoms with Crippen LogP contribution in [-0.4, -0.2) is 47.2 Å². The zero-order chi connectivity index (χ0) is 18.3. The van der Waals surface area contributed by atoms with Crippen molar-refractivity contribution in [3.8, 4) is 11.5 Å². The van der Waals surface area contributed by atoms with Crippen molar-refractivity contribution in [3.63, 3.8) is 0 Å². The number of hydrogen-bond donors (Lipinski definition) is 0. The molecule has 0 spiro atoms. The molecule has 0 aliphatic carbocycles. The van der Waals surface area contributed by atoms with Crippen LogP contribution in [0.2, 0.25) is 0 Å². The molecule has 6 nitrogen and oxygen atoms in total. The highest BCUT2D eigenvalue weighted by Crippen LogP contribution is 2.31. The minimum absolute atomic E-state index is 0.0707. The van der Waals surface area contributed by atoms with Gasteiger partial charge in [0.1, 0.15) is 16.4 Å². The number of methoxy groups -OCH3 is 3. The minimum atomic E-state index is -3.80. The average Bonchev–Trinajstić information content (AvgIpc) is 2.65. The predicted molar refractivity (Wildman–Crippen MR) is 95.5 cm³/mol. The Labute approximate surface area is 149 Å². The van der Waals surface area contributed by atoms with E-state index in [9.17, 15) is 8.42 Å². The second-order valence-electron chi connectivity index (χ2n) is 5.33. The van der Waals surface area contributed by atoms with Gasteiger partial charge in [0.2, 0.25) is 10.0 Å². The van der Waals surface area contributed by atoms with Gasteiger partial charge in [0, 0.05) is 26.3 Å². The lowest BCUT2D eigenvalue weighted by Crippen LogP contribution is -2.33. The third-order valence-corrected chi connectivity index (χ3v) is 5.60. The summed E-state index contributed by atoms with van der Waals surface area (Å²) in [4.78, 5) is 0.0707. The van der Waals surface area contributed by atoms with Crippen LogP contribution in [0.1, 0.15) is 5.56 Å². The fourth-order valence-electron chi connectivity index (χ4n) is 2.39. The van der Waals surface area contributed by atoms with Gasteiger partial charge in [0.15, 0.2) is 0 Å². The number of hydrogen-bond acceptors (Lipinski definition) is 5. The second kappa shape index (κ2) is 8.84. The van der Waals surface area contributed by atoms with Gasteiger partial charge in [-0.05, 0) is 17.7 Å². The lowest BCUT2D eigenvalue weighted by molar-refractivity contribution is 0.177. The van der Waals surface area contributed by atoms with Crippen molar-refractivity contribution in [2.45, 2.75) is 11.4 Å². The zero-order valence-corrected chi connectivity index (χ0v) is 15.5. The molecule has 2 rings (SSSR count). The van der Waals surface area contributed by atoms with E-state index >= 15 is 0 Å². The zero-order valence-electron chi connectivity index (χ0n) is 14.6. The van der Waals surface area contributed by atoms with Crippen LogP contribution in [0.25, 0.3) is 0 Å². The summed E-state index contributed by atoms with van der Waals surface area (Å²) in [6, 6.07) is 14.1. The third-order valence-electron chi connectivity index (χ3n) is 3.74. The first-order valence-electron chi connectivity index (χ1n) is 7.78. The van der Waals surface area contributed by atoms with Crippen molar-refractivity contribution in [1.82, 2.24) is 4.31 Å². The Bertz CT molecular complexity index is 777. The Kier molecular flexibility index (Phi) is 6.81. The summed E-state index contributed by atoms with van der Waals surface area (Å²) in [5.74, 6) is 0.724. The second-order valence-corrected chi connectivity index (χ2v) is 7.24. The minimum Gasteiger partial charge on any atom is -0.497 e. The smallest absolute Gasteiger partial charge is 0.247 e. The van der Waals surface area contributed by atoms with E-state index in [-0.39, 0.29) is 23.7 Å². The predicted octanol–water partition coefficient (Wildman–Crippen LogP) is 2.54. The van der Waals surface area contributed by atoms with Gasteiger partial charge < -0.3 is 14.2 Å². The van der Waals surface area contributed by atoms with Gasteiger partial charge in [0.05, 0.1) is 20.8 Å². The highest BCUT2D eigenvalue weighted by atomic mass is 32.2. The maximum Gasteiger partial charge on any atom is 0.247 e. The van der Waals surface area contributed by atoms with Crippen LogP contribution in [0.4, 0.5) is 0 Å². The first-order valence-corrected chi connectivity index (χ1v) is 9.22. The van der Waals surface area contributed by atoms with Crippen molar-refractivity contribution in [1.29, 1.82) is 0 Å². The molecule has 136 valence electrons. The van der Waals surface area contributed by atoms with Gasteiger partial charge in [0.25, 0.3) is 0 Å². The van der Waals surface area contributed by atoms with Crippen molar-refractivity contribution < 1.29 is 22.6 Å². The van der Waals surface area contributed by atoms with Crippen molar-refractivity contribution in [3.05, 3.63) is 54.1 Å². The molecule has 0 bridgehead atoms. The van der Waals surface area contributed by atoms with E-state index in [1.54, 1.807) is 19.2 Å². The Morgan fingerprint density at radius 2 is 1.68 bits per heavy atom. The fraction of sp³-hybridized carbons (Fsp3) is 0.333. The molecule has 0 fully saturated rings. The van der Waals surface area contributed by atoms with Gasteiger partial charge in [-0.2, -0.15) is 4.31 Å². The van der Waals surface area contributed by atoms with Gasteiger partial charge >= 0.3 is 0 Å². The normalized spacial score (nSPS) is 11.5. The molecule has 2 aromatic rings. The van der Waals surface area contributed by atoms with E-state index in [2.05, 4.69) is 0 Å². The van der Waals surface area contributed by atoms with E-state index in [1.807, 2.05) is 30.3 Å². The Hall–Kier alpha value is -2.09. The average molecular weight is 365 g/mol. The lowest BCUT2D eigenvalue weighted by atomic mass is 10.2. The fourth-order valence-corrected chi connectivity index (χ4v) is 3.97. The summed E-state index contributed by atoms with van der Waals surface area (Å²) in [7, 11) is 0.676. The van der Waals surface area contributed by atoms with E-state index in [4.69, 9.17) is 14.2 Å². The van der Waals surface area contributed by atoms with Gasteiger partial charge in [-0.1, -0.05) is 30.3 Å². The quantitative estimate of drug-likeness (QED) is 0.683. The van der Waals surface area contributed by atoms with Crippen molar-refractivity contribution in [2.75, 3.05) is 34.5 Å². The number of nitrogens with zero attached hydrogens (tertiary/aromatic N) is 1. The Balaban J connectivity index is 2.43. The molecule has 0 aliphatic heterocycles. The lowest BCUT2D eigenvalue weighted by Gasteiger charge is -2.23. The molecule has 0 heterocycles. The Morgan fingerprint density at radius 1 is 0.960 bits per heavy atom. The van der Waals surface area contributed by atoms with E-state index in [0.29, 0.717) is 12.4 Å². The maximum atomic E-state index is 13.2. The summed E-state index contributed by atoms with van der Waals surface area (Å²) in [6.45, 7) is 0.763. The van der Waals surface area contributed by atoms with Crippen LogP contribution in [0.15, 0.2) is 53.4 Å². The molecule has 2 aromatic carbocycles. The van der Waals surface area contributed by atoms with Gasteiger partial charge in [-0.25, -0.2) is 8.42 Å². The van der Waals surface area contributed by atoms with Crippen LogP contribution in [-0.2, 0) is 21.3 Å². The number of ether oxygens (including phenoxy) is 3. The van der Waals surface area contributed by atoms with Crippen molar-refractivity contribution >= 4 is 10.0 Å². The summed E-state index contributed by atoms with van der Waals surface area (Å²) < 4.78 is 43.3. The number of sulfonamides is 1. The molecule has 0 radical (unpaired) electrons. The molecule has 0 saturated heterocycles. The van der Waals surface area contributed by atoms with Gasteiger partial charge in [-0.3, -0.25) is 0 Å². The van der Waals surface area contributed by atoms with E-state index < -0.39 is 10.0 Å². The van der Waals surface area contributed by atoms with E-state index in [0.717, 1.165) is 5.56 Å². The number of benzene rings is 2. The standard InChI is InChI=1S/C18H23NO5S/c1-22-12-11-19(14-15-7-5-4-6-8-15)25(20,21)18-13-16(23-2)9-10-17(18)24-3/h4-10,13H,11-12,14H2,1-3H3. The largest absolute Gasteiger partial charge is 0.497 e. The molecule has 0 aromatic heterocycles. The molecular weight excluding hydrogens is 342 g/mol. The van der Waals surface area contributed by atoms with Crippen LogP contribution >= 0.6 is 0 Å². The highest BCUT2D eigenvalue weighted by Gasteiger charge is 2.28. The third kappa shape index (κ3) is 4.72. The topological polar surface area (TPSA) is 65.1 Å². The molecule has 0 N–H and O–H groups in total. The SMILES string of the molecule is COCCN(Cc1ccccc1)S(=O)(=O)c1cc(OC)ccc1OC. The summed E-state index contributed by atoms with van der Waals surface area (Å²) in [5.41, 5.74) is 0.893. The molecule has 7 heteroatoms.